The van der Waals surface area contributed by atoms with Crippen LogP contribution in [0.1, 0.15) is 31.9 Å². The number of β-amino-alcohol motifs (C(OH)–C–C–N with tert-alkyl or cyclic N) is 1. The van der Waals surface area contributed by atoms with E-state index in [1.807, 2.05) is 19.1 Å². The number of nitrogens with two attached hydrogens (primary N) is 1. The molecule has 3 unspecified atom stereocenters. The fraction of sp³-hybridized carbons (Fsp3) is 0.615. The lowest BCUT2D eigenvalue weighted by Gasteiger charge is -2.36. The van der Waals surface area contributed by atoms with Gasteiger partial charge in [-0.25, -0.2) is 4.98 Å². The summed E-state index contributed by atoms with van der Waals surface area (Å²) in [7, 11) is 0. The van der Waals surface area contributed by atoms with Crippen molar-refractivity contribution in [2.75, 3.05) is 18.0 Å². The van der Waals surface area contributed by atoms with Crippen molar-refractivity contribution in [1.82, 2.24) is 4.98 Å². The van der Waals surface area contributed by atoms with Gasteiger partial charge in [0.25, 0.3) is 0 Å². The van der Waals surface area contributed by atoms with E-state index in [4.69, 9.17) is 5.73 Å². The predicted molar refractivity (Wildman–Crippen MR) is 68.8 cm³/mol. The number of nitrogens with zero attached hydrogens (tertiary/aromatic N) is 2. The Morgan fingerprint density at radius 2 is 2.35 bits per heavy atom. The van der Waals surface area contributed by atoms with Gasteiger partial charge in [-0.1, -0.05) is 13.0 Å². The zero-order valence-corrected chi connectivity index (χ0v) is 10.5. The molecule has 2 rings (SSSR count). The molecule has 3 N–H and O–H groups in total. The van der Waals surface area contributed by atoms with Crippen LogP contribution < -0.4 is 10.6 Å². The molecule has 0 bridgehead atoms. The first-order valence-electron chi connectivity index (χ1n) is 6.23. The van der Waals surface area contributed by atoms with Gasteiger partial charge >= 0.3 is 0 Å². The summed E-state index contributed by atoms with van der Waals surface area (Å²) in [5, 5.41) is 9.94. The SMILES string of the molecule is CC(N)c1cccnc1N1CCC(C)C(O)C1. The molecule has 1 saturated heterocycles. The largest absolute Gasteiger partial charge is 0.391 e. The normalized spacial score (nSPS) is 26.9. The molecular weight excluding hydrogens is 214 g/mol. The molecule has 0 amide bonds. The van der Waals surface area contributed by atoms with Crippen LogP contribution in [0, 0.1) is 5.92 Å². The van der Waals surface area contributed by atoms with Crippen LogP contribution in [0.15, 0.2) is 18.3 Å². The highest BCUT2D eigenvalue weighted by Crippen LogP contribution is 2.27. The number of anilines is 1. The van der Waals surface area contributed by atoms with Crippen molar-refractivity contribution in [3.05, 3.63) is 23.9 Å². The molecule has 0 aromatic carbocycles. The Hall–Kier alpha value is -1.13. The van der Waals surface area contributed by atoms with Gasteiger partial charge in [0, 0.05) is 30.9 Å². The van der Waals surface area contributed by atoms with Crippen molar-refractivity contribution in [3.8, 4) is 0 Å². The van der Waals surface area contributed by atoms with Crippen molar-refractivity contribution in [1.29, 1.82) is 0 Å². The molecule has 4 heteroatoms. The summed E-state index contributed by atoms with van der Waals surface area (Å²) in [6, 6.07) is 3.89. The maximum atomic E-state index is 9.94. The molecule has 4 nitrogen and oxygen atoms in total. The highest BCUT2D eigenvalue weighted by atomic mass is 16.3. The zero-order valence-electron chi connectivity index (χ0n) is 10.5. The summed E-state index contributed by atoms with van der Waals surface area (Å²) >= 11 is 0. The number of piperidine rings is 1. The molecule has 94 valence electrons. The quantitative estimate of drug-likeness (QED) is 0.811. The van der Waals surface area contributed by atoms with Crippen LogP contribution in [0.4, 0.5) is 5.82 Å². The minimum absolute atomic E-state index is 0.0322. The van der Waals surface area contributed by atoms with E-state index in [0.29, 0.717) is 12.5 Å². The highest BCUT2D eigenvalue weighted by Gasteiger charge is 2.26. The standard InChI is InChI=1S/C13H21N3O/c1-9-5-7-16(8-12(9)17)13-11(10(2)14)4-3-6-15-13/h3-4,6,9-10,12,17H,5,7-8,14H2,1-2H3. The lowest BCUT2D eigenvalue weighted by atomic mass is 9.95. The number of aromatic nitrogens is 1. The van der Waals surface area contributed by atoms with Gasteiger partial charge < -0.3 is 15.7 Å². The lowest BCUT2D eigenvalue weighted by Crippen LogP contribution is -2.43. The van der Waals surface area contributed by atoms with Gasteiger partial charge in [-0.2, -0.15) is 0 Å². The fourth-order valence-corrected chi connectivity index (χ4v) is 2.27. The summed E-state index contributed by atoms with van der Waals surface area (Å²) < 4.78 is 0. The van der Waals surface area contributed by atoms with Gasteiger partial charge in [0.1, 0.15) is 5.82 Å². The Balaban J connectivity index is 2.22. The molecule has 3 atom stereocenters. The van der Waals surface area contributed by atoms with E-state index in [1.165, 1.54) is 0 Å². The van der Waals surface area contributed by atoms with E-state index in [1.54, 1.807) is 6.20 Å². The molecule has 0 aliphatic carbocycles. The fourth-order valence-electron chi connectivity index (χ4n) is 2.27. The van der Waals surface area contributed by atoms with E-state index in [2.05, 4.69) is 16.8 Å². The van der Waals surface area contributed by atoms with Gasteiger partial charge in [0.2, 0.25) is 0 Å². The van der Waals surface area contributed by atoms with Crippen molar-refractivity contribution < 1.29 is 5.11 Å². The average molecular weight is 235 g/mol. The van der Waals surface area contributed by atoms with Crippen molar-refractivity contribution in [3.63, 3.8) is 0 Å². The zero-order chi connectivity index (χ0) is 12.4. The first-order valence-corrected chi connectivity index (χ1v) is 6.23. The third kappa shape index (κ3) is 2.58. The van der Waals surface area contributed by atoms with Gasteiger partial charge in [-0.15, -0.1) is 0 Å². The third-order valence-corrected chi connectivity index (χ3v) is 3.53. The second kappa shape index (κ2) is 5.02. The number of aliphatic hydroxyl groups excluding tert-OH is 1. The Morgan fingerprint density at radius 1 is 1.59 bits per heavy atom. The number of aliphatic hydroxyl groups is 1. The maximum Gasteiger partial charge on any atom is 0.133 e. The van der Waals surface area contributed by atoms with Gasteiger partial charge in [0.05, 0.1) is 6.10 Å². The molecule has 1 aromatic heterocycles. The number of hydrogen-bond acceptors (Lipinski definition) is 4. The Labute approximate surface area is 102 Å². The van der Waals surface area contributed by atoms with Crippen LogP contribution >= 0.6 is 0 Å². The number of hydrogen-bond donors (Lipinski definition) is 2. The molecule has 1 aliphatic rings. The molecule has 0 saturated carbocycles. The van der Waals surface area contributed by atoms with E-state index in [-0.39, 0.29) is 12.1 Å². The topological polar surface area (TPSA) is 62.4 Å². The second-order valence-corrected chi connectivity index (χ2v) is 4.98. The summed E-state index contributed by atoms with van der Waals surface area (Å²) in [6.45, 7) is 5.64. The van der Waals surface area contributed by atoms with Crippen LogP contribution in [0.25, 0.3) is 0 Å². The smallest absolute Gasteiger partial charge is 0.133 e. The minimum Gasteiger partial charge on any atom is -0.391 e. The molecule has 1 fully saturated rings. The average Bonchev–Trinajstić information content (AvgIpc) is 2.32. The van der Waals surface area contributed by atoms with Crippen LogP contribution in [-0.4, -0.2) is 29.3 Å². The molecule has 1 aromatic rings. The Kier molecular flexibility index (Phi) is 3.64. The first kappa shape index (κ1) is 12.3. The first-order chi connectivity index (χ1) is 8.09. The van der Waals surface area contributed by atoms with E-state index in [9.17, 15) is 5.11 Å². The Bertz CT molecular complexity index is 381. The van der Waals surface area contributed by atoms with Crippen molar-refractivity contribution in [2.24, 2.45) is 11.7 Å². The summed E-state index contributed by atoms with van der Waals surface area (Å²) in [6.07, 6.45) is 2.51. The monoisotopic (exact) mass is 235 g/mol. The van der Waals surface area contributed by atoms with E-state index in [0.717, 1.165) is 24.3 Å². The third-order valence-electron chi connectivity index (χ3n) is 3.53. The number of pyridine rings is 1. The summed E-state index contributed by atoms with van der Waals surface area (Å²) in [5.41, 5.74) is 7.00. The predicted octanol–water partition coefficient (Wildman–Crippen LogP) is 1.31. The van der Waals surface area contributed by atoms with Gasteiger partial charge in [0.15, 0.2) is 0 Å². The Morgan fingerprint density at radius 3 is 3.00 bits per heavy atom. The molecular formula is C13H21N3O. The van der Waals surface area contributed by atoms with Crippen LogP contribution in [0.2, 0.25) is 0 Å². The maximum absolute atomic E-state index is 9.94. The van der Waals surface area contributed by atoms with Crippen LogP contribution in [-0.2, 0) is 0 Å². The molecule has 17 heavy (non-hydrogen) atoms. The van der Waals surface area contributed by atoms with Crippen LogP contribution in [0.5, 0.6) is 0 Å². The van der Waals surface area contributed by atoms with E-state index >= 15 is 0 Å². The van der Waals surface area contributed by atoms with Crippen LogP contribution in [0.3, 0.4) is 0 Å². The molecule has 2 heterocycles. The highest BCUT2D eigenvalue weighted by molar-refractivity contribution is 5.48. The molecule has 0 spiro atoms. The second-order valence-electron chi connectivity index (χ2n) is 4.98. The minimum atomic E-state index is -0.272. The van der Waals surface area contributed by atoms with Crippen molar-refractivity contribution >= 4 is 5.82 Å². The summed E-state index contributed by atoms with van der Waals surface area (Å²) in [4.78, 5) is 6.56. The molecule has 0 radical (unpaired) electrons. The van der Waals surface area contributed by atoms with Crippen molar-refractivity contribution in [2.45, 2.75) is 32.4 Å². The molecule has 1 aliphatic heterocycles. The number of rotatable bonds is 2. The van der Waals surface area contributed by atoms with E-state index < -0.39 is 0 Å². The van der Waals surface area contributed by atoms with Gasteiger partial charge in [-0.05, 0) is 25.3 Å². The lowest BCUT2D eigenvalue weighted by molar-refractivity contribution is 0.102. The summed E-state index contributed by atoms with van der Waals surface area (Å²) in [5.74, 6) is 1.29. The van der Waals surface area contributed by atoms with Gasteiger partial charge in [-0.3, -0.25) is 0 Å².